The summed E-state index contributed by atoms with van der Waals surface area (Å²) in [6.45, 7) is 5.37. The first-order valence-electron chi connectivity index (χ1n) is 3.60. The molecule has 2 heteroatoms. The molecule has 54 valence electrons. The van der Waals surface area contributed by atoms with E-state index in [4.69, 9.17) is 0 Å². The zero-order valence-corrected chi connectivity index (χ0v) is 6.49. The molecule has 0 fully saturated rings. The molecule has 1 aromatic heterocycles. The van der Waals surface area contributed by atoms with Crippen LogP contribution in [-0.4, -0.2) is 5.10 Å². The predicted molar refractivity (Wildman–Crippen MR) is 39.3 cm³/mol. The molecule has 1 rings (SSSR count). The molecule has 0 bridgehead atoms. The maximum absolute atomic E-state index is 4.14. The van der Waals surface area contributed by atoms with Crippen molar-refractivity contribution in [1.82, 2.24) is 5.10 Å². The fourth-order valence-electron chi connectivity index (χ4n) is 0.843. The second-order valence-corrected chi connectivity index (χ2v) is 2.81. The van der Waals surface area contributed by atoms with Gasteiger partial charge in [-0.05, 0) is 11.2 Å². The molecule has 0 saturated heterocycles. The van der Waals surface area contributed by atoms with Crippen LogP contribution in [0, 0.1) is 5.92 Å². The van der Waals surface area contributed by atoms with Gasteiger partial charge in [0.1, 0.15) is 0 Å². The Hall–Kier alpha value is -0.920. The Labute approximate surface area is 61.5 Å². The van der Waals surface area contributed by atoms with Crippen LogP contribution in [0.1, 0.15) is 13.8 Å². The van der Waals surface area contributed by atoms with Gasteiger partial charge in [0.15, 0.2) is 12.7 Å². The fraction of sp³-hybridized carbons (Fsp3) is 0.500. The van der Waals surface area contributed by atoms with Crippen molar-refractivity contribution in [3.8, 4) is 0 Å². The van der Waals surface area contributed by atoms with Crippen molar-refractivity contribution in [2.45, 2.75) is 20.4 Å². The van der Waals surface area contributed by atoms with Crippen molar-refractivity contribution in [3.05, 3.63) is 24.5 Å². The van der Waals surface area contributed by atoms with Crippen LogP contribution in [0.5, 0.6) is 0 Å². The minimum absolute atomic E-state index is 0.667. The van der Waals surface area contributed by atoms with E-state index in [9.17, 15) is 0 Å². The highest BCUT2D eigenvalue weighted by atomic mass is 15.2. The van der Waals surface area contributed by atoms with Gasteiger partial charge in [-0.25, -0.2) is 0 Å². The van der Waals surface area contributed by atoms with E-state index < -0.39 is 0 Å². The van der Waals surface area contributed by atoms with Gasteiger partial charge in [0, 0.05) is 12.0 Å². The lowest BCUT2D eigenvalue weighted by atomic mass is 10.2. The SMILES string of the molecule is CC(C)C[n+]1ccccn1. The van der Waals surface area contributed by atoms with Gasteiger partial charge in [0.2, 0.25) is 0 Å². The van der Waals surface area contributed by atoms with Gasteiger partial charge in [-0.15, -0.1) is 0 Å². The Bertz CT molecular complexity index is 182. The Morgan fingerprint density at radius 1 is 1.40 bits per heavy atom. The summed E-state index contributed by atoms with van der Waals surface area (Å²) in [7, 11) is 0. The summed E-state index contributed by atoms with van der Waals surface area (Å²) in [6.07, 6.45) is 3.79. The van der Waals surface area contributed by atoms with Gasteiger partial charge in [-0.1, -0.05) is 18.5 Å². The van der Waals surface area contributed by atoms with Crippen molar-refractivity contribution in [1.29, 1.82) is 0 Å². The first-order chi connectivity index (χ1) is 4.79. The van der Waals surface area contributed by atoms with Crippen LogP contribution >= 0.6 is 0 Å². The number of hydrogen-bond acceptors (Lipinski definition) is 1. The molecule has 2 nitrogen and oxygen atoms in total. The molecule has 0 radical (unpaired) electrons. The van der Waals surface area contributed by atoms with Crippen molar-refractivity contribution >= 4 is 0 Å². The maximum Gasteiger partial charge on any atom is 0.196 e. The fourth-order valence-corrected chi connectivity index (χ4v) is 0.843. The summed E-state index contributed by atoms with van der Waals surface area (Å²) in [5.41, 5.74) is 0. The molecule has 1 aromatic rings. The van der Waals surface area contributed by atoms with Crippen molar-refractivity contribution in [2.75, 3.05) is 0 Å². The molecular weight excluding hydrogens is 124 g/mol. The highest BCUT2D eigenvalue weighted by Gasteiger charge is 2.02. The monoisotopic (exact) mass is 137 g/mol. The average Bonchev–Trinajstić information content (AvgIpc) is 1.88. The highest BCUT2D eigenvalue weighted by Crippen LogP contribution is 1.88. The molecular formula is C8H13N2+. The van der Waals surface area contributed by atoms with Crippen LogP contribution in [0.4, 0.5) is 0 Å². The van der Waals surface area contributed by atoms with E-state index in [1.807, 2.05) is 29.2 Å². The molecule has 10 heavy (non-hydrogen) atoms. The number of aromatic nitrogens is 2. The van der Waals surface area contributed by atoms with E-state index in [0.29, 0.717) is 5.92 Å². The minimum atomic E-state index is 0.667. The smallest absolute Gasteiger partial charge is 0.0910 e. The van der Waals surface area contributed by atoms with Gasteiger partial charge < -0.3 is 0 Å². The van der Waals surface area contributed by atoms with Crippen molar-refractivity contribution < 1.29 is 4.68 Å². The Morgan fingerprint density at radius 3 is 2.70 bits per heavy atom. The summed E-state index contributed by atoms with van der Waals surface area (Å²) < 4.78 is 1.95. The molecule has 0 aliphatic carbocycles. The quantitative estimate of drug-likeness (QED) is 0.556. The zero-order valence-electron chi connectivity index (χ0n) is 6.49. The summed E-state index contributed by atoms with van der Waals surface area (Å²) >= 11 is 0. The van der Waals surface area contributed by atoms with Gasteiger partial charge >= 0.3 is 0 Å². The molecule has 0 N–H and O–H groups in total. The minimum Gasteiger partial charge on any atom is -0.0910 e. The second-order valence-electron chi connectivity index (χ2n) is 2.81. The van der Waals surface area contributed by atoms with E-state index in [1.165, 1.54) is 0 Å². The third-order valence-electron chi connectivity index (χ3n) is 1.22. The van der Waals surface area contributed by atoms with E-state index in [1.54, 1.807) is 0 Å². The van der Waals surface area contributed by atoms with Gasteiger partial charge in [0.25, 0.3) is 0 Å². The molecule has 0 aromatic carbocycles. The summed E-state index contributed by atoms with van der Waals surface area (Å²) in [4.78, 5) is 0. The molecule has 0 unspecified atom stereocenters. The van der Waals surface area contributed by atoms with E-state index in [-0.39, 0.29) is 0 Å². The Kier molecular flexibility index (Phi) is 2.37. The predicted octanol–water partition coefficient (Wildman–Crippen LogP) is 1.03. The average molecular weight is 137 g/mol. The van der Waals surface area contributed by atoms with Crippen LogP contribution in [0.3, 0.4) is 0 Å². The largest absolute Gasteiger partial charge is 0.196 e. The van der Waals surface area contributed by atoms with E-state index in [0.717, 1.165) is 6.54 Å². The van der Waals surface area contributed by atoms with Crippen LogP contribution in [0.25, 0.3) is 0 Å². The third kappa shape index (κ3) is 2.13. The topological polar surface area (TPSA) is 16.8 Å². The van der Waals surface area contributed by atoms with Crippen LogP contribution in [0.15, 0.2) is 24.5 Å². The number of rotatable bonds is 2. The number of hydrogen-bond donors (Lipinski definition) is 0. The lowest BCUT2D eigenvalue weighted by molar-refractivity contribution is -0.758. The van der Waals surface area contributed by atoms with Crippen LogP contribution in [-0.2, 0) is 6.54 Å². The lowest BCUT2D eigenvalue weighted by Crippen LogP contribution is -2.39. The normalized spacial score (nSPS) is 10.3. The third-order valence-corrected chi connectivity index (χ3v) is 1.22. The first kappa shape index (κ1) is 7.19. The van der Waals surface area contributed by atoms with Crippen molar-refractivity contribution in [3.63, 3.8) is 0 Å². The molecule has 0 saturated carbocycles. The highest BCUT2D eigenvalue weighted by molar-refractivity contribution is 4.76. The van der Waals surface area contributed by atoms with Crippen LogP contribution in [0.2, 0.25) is 0 Å². The second kappa shape index (κ2) is 3.30. The standard InChI is InChI=1S/C8H13N2/c1-8(2)7-10-6-4-3-5-9-10/h3-6,8H,7H2,1-2H3/q+1. The summed E-state index contributed by atoms with van der Waals surface area (Å²) in [5.74, 6) is 0.667. The van der Waals surface area contributed by atoms with Gasteiger partial charge in [-0.2, -0.15) is 0 Å². The molecule has 0 amide bonds. The molecule has 0 aliphatic heterocycles. The maximum atomic E-state index is 4.14. The first-order valence-corrected chi connectivity index (χ1v) is 3.60. The van der Waals surface area contributed by atoms with Crippen molar-refractivity contribution in [2.24, 2.45) is 5.92 Å². The number of nitrogens with zero attached hydrogens (tertiary/aromatic N) is 2. The molecule has 0 atom stereocenters. The van der Waals surface area contributed by atoms with E-state index in [2.05, 4.69) is 18.9 Å². The van der Waals surface area contributed by atoms with Gasteiger partial charge in [0.05, 0.1) is 6.20 Å². The van der Waals surface area contributed by atoms with Crippen LogP contribution < -0.4 is 4.68 Å². The summed E-state index contributed by atoms with van der Waals surface area (Å²) in [6, 6.07) is 3.92. The Morgan fingerprint density at radius 2 is 2.20 bits per heavy atom. The van der Waals surface area contributed by atoms with E-state index >= 15 is 0 Å². The molecule has 0 spiro atoms. The summed E-state index contributed by atoms with van der Waals surface area (Å²) in [5, 5.41) is 4.14. The Balaban J connectivity index is 2.59. The zero-order chi connectivity index (χ0) is 7.40. The molecule has 1 heterocycles. The lowest BCUT2D eigenvalue weighted by Gasteiger charge is -1.95. The molecule has 0 aliphatic rings. The van der Waals surface area contributed by atoms with Gasteiger partial charge in [-0.3, -0.25) is 0 Å².